The first-order chi connectivity index (χ1) is 9.05. The van der Waals surface area contributed by atoms with E-state index < -0.39 is 0 Å². The van der Waals surface area contributed by atoms with E-state index in [9.17, 15) is 9.59 Å². The summed E-state index contributed by atoms with van der Waals surface area (Å²) in [6, 6.07) is 0. The molecule has 2 saturated heterocycles. The third-order valence-electron chi connectivity index (χ3n) is 4.19. The molecule has 0 aromatic rings. The molecule has 0 spiro atoms. The number of amides is 2. The van der Waals surface area contributed by atoms with Crippen molar-refractivity contribution in [2.24, 2.45) is 5.41 Å². The predicted molar refractivity (Wildman–Crippen MR) is 72.7 cm³/mol. The van der Waals surface area contributed by atoms with Crippen LogP contribution >= 0.6 is 0 Å². The van der Waals surface area contributed by atoms with Crippen LogP contribution < -0.4 is 10.6 Å². The van der Waals surface area contributed by atoms with Gasteiger partial charge in [-0.2, -0.15) is 0 Å². The molecule has 2 N–H and O–H groups in total. The monoisotopic (exact) mass is 268 g/mol. The Hall–Kier alpha value is -1.14. The van der Waals surface area contributed by atoms with E-state index in [1.54, 1.807) is 7.05 Å². The molecule has 1 atom stereocenters. The fourth-order valence-corrected chi connectivity index (χ4v) is 2.77. The molecule has 2 rings (SSSR count). The van der Waals surface area contributed by atoms with Crippen LogP contribution in [0.15, 0.2) is 0 Å². The fraction of sp³-hybridized carbons (Fsp3) is 0.846. The van der Waals surface area contributed by atoms with Crippen molar-refractivity contribution in [3.8, 4) is 0 Å². The van der Waals surface area contributed by atoms with E-state index in [0.29, 0.717) is 6.54 Å². The number of hydrogen-bond acceptors (Lipinski definition) is 4. The molecule has 0 radical (unpaired) electrons. The maximum Gasteiger partial charge on any atom is 0.233 e. The standard InChI is InChI=1S/C13H24N4O2/c1-13(3-4-15-10-13)12(19)17-7-5-16(6-8-17)9-11(18)14-2/h15H,3-10H2,1-2H3,(H,14,18). The molecule has 0 aromatic carbocycles. The number of likely N-dealkylation sites (N-methyl/N-ethyl adjacent to an activating group) is 1. The number of rotatable bonds is 3. The Bertz CT molecular complexity index is 345. The zero-order chi connectivity index (χ0) is 13.9. The molecule has 2 aliphatic rings. The van der Waals surface area contributed by atoms with E-state index in [1.165, 1.54) is 0 Å². The van der Waals surface area contributed by atoms with Gasteiger partial charge < -0.3 is 15.5 Å². The predicted octanol–water partition coefficient (Wildman–Crippen LogP) is -1.12. The Balaban J connectivity index is 1.82. The summed E-state index contributed by atoms with van der Waals surface area (Å²) >= 11 is 0. The van der Waals surface area contributed by atoms with Gasteiger partial charge in [0.2, 0.25) is 11.8 Å². The lowest BCUT2D eigenvalue weighted by Crippen LogP contribution is -2.54. The summed E-state index contributed by atoms with van der Waals surface area (Å²) < 4.78 is 0. The van der Waals surface area contributed by atoms with Crippen molar-refractivity contribution < 1.29 is 9.59 Å². The minimum atomic E-state index is -0.233. The Kier molecular flexibility index (Phi) is 4.42. The fourth-order valence-electron chi connectivity index (χ4n) is 2.77. The molecular formula is C13H24N4O2. The smallest absolute Gasteiger partial charge is 0.233 e. The molecular weight excluding hydrogens is 244 g/mol. The summed E-state index contributed by atoms with van der Waals surface area (Å²) in [7, 11) is 1.65. The zero-order valence-electron chi connectivity index (χ0n) is 11.9. The van der Waals surface area contributed by atoms with Crippen LogP contribution in [0.3, 0.4) is 0 Å². The molecule has 0 bridgehead atoms. The lowest BCUT2D eigenvalue weighted by atomic mass is 9.88. The number of nitrogens with zero attached hydrogens (tertiary/aromatic N) is 2. The topological polar surface area (TPSA) is 64.7 Å². The van der Waals surface area contributed by atoms with Crippen molar-refractivity contribution in [3.05, 3.63) is 0 Å². The van der Waals surface area contributed by atoms with Crippen LogP contribution in [0.5, 0.6) is 0 Å². The zero-order valence-corrected chi connectivity index (χ0v) is 11.9. The minimum Gasteiger partial charge on any atom is -0.358 e. The summed E-state index contributed by atoms with van der Waals surface area (Å²) in [5.41, 5.74) is -0.233. The van der Waals surface area contributed by atoms with Crippen LogP contribution in [0.4, 0.5) is 0 Å². The SMILES string of the molecule is CNC(=O)CN1CCN(C(=O)C2(C)CCNC2)CC1. The van der Waals surface area contributed by atoms with Gasteiger partial charge >= 0.3 is 0 Å². The molecule has 2 amide bonds. The van der Waals surface area contributed by atoms with Gasteiger partial charge in [0, 0.05) is 39.8 Å². The van der Waals surface area contributed by atoms with E-state index in [2.05, 4.69) is 15.5 Å². The number of nitrogens with one attached hydrogen (secondary N) is 2. The summed E-state index contributed by atoms with van der Waals surface area (Å²) in [5, 5.41) is 5.89. The maximum absolute atomic E-state index is 12.5. The van der Waals surface area contributed by atoms with E-state index in [-0.39, 0.29) is 17.2 Å². The second kappa shape index (κ2) is 5.88. The average molecular weight is 268 g/mol. The summed E-state index contributed by atoms with van der Waals surface area (Å²) in [5.74, 6) is 0.295. The third kappa shape index (κ3) is 3.25. The highest BCUT2D eigenvalue weighted by Crippen LogP contribution is 2.27. The Morgan fingerprint density at radius 1 is 1.26 bits per heavy atom. The largest absolute Gasteiger partial charge is 0.358 e. The Morgan fingerprint density at radius 2 is 1.95 bits per heavy atom. The molecule has 1 unspecified atom stereocenters. The van der Waals surface area contributed by atoms with Gasteiger partial charge in [-0.1, -0.05) is 0 Å². The number of piperazine rings is 1. The van der Waals surface area contributed by atoms with Gasteiger partial charge in [-0.15, -0.1) is 0 Å². The van der Waals surface area contributed by atoms with Crippen LogP contribution in [0.25, 0.3) is 0 Å². The van der Waals surface area contributed by atoms with Crippen molar-refractivity contribution in [2.45, 2.75) is 13.3 Å². The lowest BCUT2D eigenvalue weighted by molar-refractivity contribution is -0.142. The van der Waals surface area contributed by atoms with E-state index >= 15 is 0 Å². The van der Waals surface area contributed by atoms with Crippen LogP contribution in [0.1, 0.15) is 13.3 Å². The summed E-state index contributed by atoms with van der Waals surface area (Å²) in [6.07, 6.45) is 0.921. The van der Waals surface area contributed by atoms with Gasteiger partial charge in [0.25, 0.3) is 0 Å². The molecule has 108 valence electrons. The Labute approximate surface area is 114 Å². The van der Waals surface area contributed by atoms with Crippen LogP contribution in [-0.4, -0.2) is 74.5 Å². The highest BCUT2D eigenvalue weighted by molar-refractivity contribution is 5.83. The molecule has 0 saturated carbocycles. The first-order valence-electron chi connectivity index (χ1n) is 6.98. The highest BCUT2D eigenvalue weighted by Gasteiger charge is 2.39. The van der Waals surface area contributed by atoms with Gasteiger partial charge in [-0.05, 0) is 19.9 Å². The molecule has 2 fully saturated rings. The molecule has 2 aliphatic heterocycles. The molecule has 6 nitrogen and oxygen atoms in total. The number of hydrogen-bond donors (Lipinski definition) is 2. The van der Waals surface area contributed by atoms with Crippen molar-refractivity contribution >= 4 is 11.8 Å². The van der Waals surface area contributed by atoms with Crippen LogP contribution in [0.2, 0.25) is 0 Å². The molecule has 0 aliphatic carbocycles. The van der Waals surface area contributed by atoms with E-state index in [1.807, 2.05) is 11.8 Å². The van der Waals surface area contributed by atoms with Gasteiger partial charge in [0.1, 0.15) is 0 Å². The maximum atomic E-state index is 12.5. The quantitative estimate of drug-likeness (QED) is 0.680. The van der Waals surface area contributed by atoms with Gasteiger partial charge in [-0.3, -0.25) is 14.5 Å². The normalized spacial score (nSPS) is 28.4. The van der Waals surface area contributed by atoms with Crippen molar-refractivity contribution in [3.63, 3.8) is 0 Å². The van der Waals surface area contributed by atoms with Gasteiger partial charge in [0.15, 0.2) is 0 Å². The molecule has 6 heteroatoms. The second-order valence-electron chi connectivity index (χ2n) is 5.73. The third-order valence-corrected chi connectivity index (χ3v) is 4.19. The summed E-state index contributed by atoms with van der Waals surface area (Å²) in [6.45, 7) is 7.20. The Morgan fingerprint density at radius 3 is 2.47 bits per heavy atom. The van der Waals surface area contributed by atoms with Crippen LogP contribution in [-0.2, 0) is 9.59 Å². The van der Waals surface area contributed by atoms with Gasteiger partial charge in [0.05, 0.1) is 12.0 Å². The van der Waals surface area contributed by atoms with Crippen molar-refractivity contribution in [1.82, 2.24) is 20.4 Å². The average Bonchev–Trinajstić information content (AvgIpc) is 2.87. The molecule has 0 aromatic heterocycles. The first kappa shape index (κ1) is 14.3. The highest BCUT2D eigenvalue weighted by atomic mass is 16.2. The summed E-state index contributed by atoms with van der Waals surface area (Å²) in [4.78, 5) is 27.9. The number of carbonyl (C=O) groups is 2. The second-order valence-corrected chi connectivity index (χ2v) is 5.73. The van der Waals surface area contributed by atoms with Crippen molar-refractivity contribution in [1.29, 1.82) is 0 Å². The van der Waals surface area contributed by atoms with E-state index in [4.69, 9.17) is 0 Å². The lowest BCUT2D eigenvalue weighted by Gasteiger charge is -2.38. The van der Waals surface area contributed by atoms with Crippen LogP contribution in [0, 0.1) is 5.41 Å². The van der Waals surface area contributed by atoms with E-state index in [0.717, 1.165) is 45.7 Å². The molecule has 19 heavy (non-hydrogen) atoms. The molecule has 2 heterocycles. The van der Waals surface area contributed by atoms with Crippen molar-refractivity contribution in [2.75, 3.05) is 52.9 Å². The number of carbonyl (C=O) groups excluding carboxylic acids is 2. The van der Waals surface area contributed by atoms with Gasteiger partial charge in [-0.25, -0.2) is 0 Å². The minimum absolute atomic E-state index is 0.0340. The first-order valence-corrected chi connectivity index (χ1v) is 6.98.